The molecule has 2 rings (SSSR count). The average molecular weight is 289 g/mol. The Labute approximate surface area is 122 Å². The van der Waals surface area contributed by atoms with Crippen LogP contribution in [0.4, 0.5) is 4.39 Å². The van der Waals surface area contributed by atoms with Gasteiger partial charge in [0.2, 0.25) is 0 Å². The maximum absolute atomic E-state index is 13.2. The molecule has 0 aliphatic rings. The zero-order valence-electron chi connectivity index (χ0n) is 11.0. The van der Waals surface area contributed by atoms with Crippen molar-refractivity contribution < 1.29 is 4.39 Å². The monoisotopic (exact) mass is 288 g/mol. The van der Waals surface area contributed by atoms with Crippen LogP contribution in [0.3, 0.4) is 0 Å². The van der Waals surface area contributed by atoms with Crippen LogP contribution in [0.25, 0.3) is 0 Å². The van der Waals surface area contributed by atoms with E-state index in [1.165, 1.54) is 18.2 Å². The molecule has 1 N–H and O–H groups in total. The zero-order chi connectivity index (χ0) is 14.5. The highest BCUT2D eigenvalue weighted by atomic mass is 35.5. The second-order valence-corrected chi connectivity index (χ2v) is 5.01. The van der Waals surface area contributed by atoms with Crippen LogP contribution < -0.4 is 5.32 Å². The van der Waals surface area contributed by atoms with Gasteiger partial charge >= 0.3 is 0 Å². The predicted octanol–water partition coefficient (Wildman–Crippen LogP) is 4.20. The SMILES string of the molecule is C[C@H](NCc1cc(F)ccc1C#N)c1cccc(Cl)c1. The van der Waals surface area contributed by atoms with Gasteiger partial charge in [0.15, 0.2) is 0 Å². The summed E-state index contributed by atoms with van der Waals surface area (Å²) >= 11 is 5.95. The molecule has 0 bridgehead atoms. The van der Waals surface area contributed by atoms with Gasteiger partial charge in [-0.3, -0.25) is 0 Å². The second kappa shape index (κ2) is 6.51. The normalized spacial score (nSPS) is 11.9. The number of hydrogen-bond donors (Lipinski definition) is 1. The molecule has 0 saturated carbocycles. The molecule has 0 spiro atoms. The van der Waals surface area contributed by atoms with Crippen LogP contribution in [0.1, 0.15) is 29.7 Å². The van der Waals surface area contributed by atoms with Gasteiger partial charge in [0, 0.05) is 17.6 Å². The summed E-state index contributed by atoms with van der Waals surface area (Å²) in [6.07, 6.45) is 0. The Morgan fingerprint density at radius 2 is 2.10 bits per heavy atom. The fourth-order valence-corrected chi connectivity index (χ4v) is 2.17. The van der Waals surface area contributed by atoms with E-state index >= 15 is 0 Å². The van der Waals surface area contributed by atoms with Crippen LogP contribution in [0.2, 0.25) is 5.02 Å². The summed E-state index contributed by atoms with van der Waals surface area (Å²) in [7, 11) is 0. The van der Waals surface area contributed by atoms with Gasteiger partial charge in [0.05, 0.1) is 11.6 Å². The Bertz CT molecular complexity index is 649. The van der Waals surface area contributed by atoms with Crippen molar-refractivity contribution in [1.29, 1.82) is 5.26 Å². The molecule has 102 valence electrons. The van der Waals surface area contributed by atoms with Crippen molar-refractivity contribution in [2.75, 3.05) is 0 Å². The van der Waals surface area contributed by atoms with E-state index in [0.29, 0.717) is 22.7 Å². The highest BCUT2D eigenvalue weighted by Crippen LogP contribution is 2.18. The summed E-state index contributed by atoms with van der Waals surface area (Å²) in [5, 5.41) is 13.0. The Kier molecular flexibility index (Phi) is 4.73. The number of nitrogens with one attached hydrogen (secondary N) is 1. The van der Waals surface area contributed by atoms with Crippen LogP contribution in [0.15, 0.2) is 42.5 Å². The fraction of sp³-hybridized carbons (Fsp3) is 0.188. The van der Waals surface area contributed by atoms with Gasteiger partial charge in [0.25, 0.3) is 0 Å². The average Bonchev–Trinajstić information content (AvgIpc) is 2.45. The number of hydrogen-bond acceptors (Lipinski definition) is 2. The lowest BCUT2D eigenvalue weighted by atomic mass is 10.1. The van der Waals surface area contributed by atoms with Crippen molar-refractivity contribution in [3.63, 3.8) is 0 Å². The third kappa shape index (κ3) is 3.57. The Balaban J connectivity index is 2.09. The van der Waals surface area contributed by atoms with E-state index in [1.807, 2.05) is 31.2 Å². The quantitative estimate of drug-likeness (QED) is 0.915. The minimum Gasteiger partial charge on any atom is -0.306 e. The van der Waals surface area contributed by atoms with Crippen LogP contribution >= 0.6 is 11.6 Å². The summed E-state index contributed by atoms with van der Waals surface area (Å²) in [6, 6.07) is 13.9. The highest BCUT2D eigenvalue weighted by molar-refractivity contribution is 6.30. The van der Waals surface area contributed by atoms with Gasteiger partial charge in [-0.05, 0) is 48.4 Å². The van der Waals surface area contributed by atoms with Crippen LogP contribution in [-0.4, -0.2) is 0 Å². The molecule has 0 aliphatic carbocycles. The summed E-state index contributed by atoms with van der Waals surface area (Å²) in [4.78, 5) is 0. The Morgan fingerprint density at radius 1 is 1.30 bits per heavy atom. The number of nitrogens with zero attached hydrogens (tertiary/aromatic N) is 1. The number of rotatable bonds is 4. The van der Waals surface area contributed by atoms with Crippen LogP contribution in [0, 0.1) is 17.1 Å². The summed E-state index contributed by atoms with van der Waals surface area (Å²) in [5.41, 5.74) is 2.19. The molecule has 0 heterocycles. The van der Waals surface area contributed by atoms with Gasteiger partial charge in [-0.2, -0.15) is 5.26 Å². The van der Waals surface area contributed by atoms with Gasteiger partial charge in [-0.25, -0.2) is 4.39 Å². The predicted molar refractivity (Wildman–Crippen MR) is 77.8 cm³/mol. The minimum atomic E-state index is -0.337. The van der Waals surface area contributed by atoms with Gasteiger partial charge < -0.3 is 5.32 Å². The molecule has 0 saturated heterocycles. The lowest BCUT2D eigenvalue weighted by molar-refractivity contribution is 0.568. The molecule has 2 nitrogen and oxygen atoms in total. The highest BCUT2D eigenvalue weighted by Gasteiger charge is 2.08. The second-order valence-electron chi connectivity index (χ2n) is 4.57. The van der Waals surface area contributed by atoms with Gasteiger partial charge in [0.1, 0.15) is 5.82 Å². The lowest BCUT2D eigenvalue weighted by Gasteiger charge is -2.15. The van der Waals surface area contributed by atoms with E-state index in [-0.39, 0.29) is 11.9 Å². The van der Waals surface area contributed by atoms with Gasteiger partial charge in [-0.1, -0.05) is 23.7 Å². The number of nitriles is 1. The number of benzene rings is 2. The van der Waals surface area contributed by atoms with E-state index in [4.69, 9.17) is 16.9 Å². The van der Waals surface area contributed by atoms with Gasteiger partial charge in [-0.15, -0.1) is 0 Å². The van der Waals surface area contributed by atoms with E-state index < -0.39 is 0 Å². The molecule has 0 fully saturated rings. The first-order chi connectivity index (χ1) is 9.60. The van der Waals surface area contributed by atoms with Crippen molar-refractivity contribution >= 4 is 11.6 Å². The molecule has 2 aromatic carbocycles. The molecular formula is C16H14ClFN2. The molecular weight excluding hydrogens is 275 g/mol. The van der Waals surface area contributed by atoms with Crippen LogP contribution in [-0.2, 0) is 6.54 Å². The Hall–Kier alpha value is -1.89. The first-order valence-corrected chi connectivity index (χ1v) is 6.65. The standard InChI is InChI=1S/C16H14ClFN2/c1-11(12-3-2-4-15(17)7-12)20-10-14-8-16(18)6-5-13(14)9-19/h2-8,11,20H,10H2,1H3/t11-/m0/s1. The van der Waals surface area contributed by atoms with E-state index in [1.54, 1.807) is 0 Å². The third-order valence-corrected chi connectivity index (χ3v) is 3.37. The molecule has 2 aromatic rings. The van der Waals surface area contributed by atoms with Crippen molar-refractivity contribution in [1.82, 2.24) is 5.32 Å². The molecule has 1 atom stereocenters. The molecule has 0 unspecified atom stereocenters. The first-order valence-electron chi connectivity index (χ1n) is 6.27. The molecule has 20 heavy (non-hydrogen) atoms. The van der Waals surface area contributed by atoms with Crippen molar-refractivity contribution in [3.8, 4) is 6.07 Å². The van der Waals surface area contributed by atoms with E-state index in [9.17, 15) is 4.39 Å². The topological polar surface area (TPSA) is 35.8 Å². The largest absolute Gasteiger partial charge is 0.306 e. The lowest BCUT2D eigenvalue weighted by Crippen LogP contribution is -2.18. The third-order valence-electron chi connectivity index (χ3n) is 3.14. The smallest absolute Gasteiger partial charge is 0.123 e. The maximum Gasteiger partial charge on any atom is 0.123 e. The summed E-state index contributed by atoms with van der Waals surface area (Å²) in [5.74, 6) is -0.337. The number of halogens is 2. The van der Waals surface area contributed by atoms with Crippen molar-refractivity contribution in [2.45, 2.75) is 19.5 Å². The minimum absolute atomic E-state index is 0.0588. The molecule has 0 aromatic heterocycles. The molecule has 4 heteroatoms. The fourth-order valence-electron chi connectivity index (χ4n) is 1.97. The van der Waals surface area contributed by atoms with Crippen molar-refractivity contribution in [2.24, 2.45) is 0 Å². The van der Waals surface area contributed by atoms with E-state index in [2.05, 4.69) is 11.4 Å². The zero-order valence-corrected chi connectivity index (χ0v) is 11.8. The first kappa shape index (κ1) is 14.5. The van der Waals surface area contributed by atoms with Crippen LogP contribution in [0.5, 0.6) is 0 Å². The van der Waals surface area contributed by atoms with Crippen molar-refractivity contribution in [3.05, 3.63) is 70.0 Å². The molecule has 0 radical (unpaired) electrons. The summed E-state index contributed by atoms with van der Waals surface area (Å²) < 4.78 is 13.2. The Morgan fingerprint density at radius 3 is 2.80 bits per heavy atom. The molecule has 0 amide bonds. The molecule has 0 aliphatic heterocycles. The summed E-state index contributed by atoms with van der Waals surface area (Å²) in [6.45, 7) is 2.42. The van der Waals surface area contributed by atoms with E-state index in [0.717, 1.165) is 5.56 Å². The maximum atomic E-state index is 13.2.